The van der Waals surface area contributed by atoms with Crippen LogP contribution in [0.15, 0.2) is 41.6 Å². The number of sulfonamides is 1. The van der Waals surface area contributed by atoms with Gasteiger partial charge in [0.1, 0.15) is 6.10 Å². The van der Waals surface area contributed by atoms with E-state index in [1.54, 1.807) is 17.0 Å². The van der Waals surface area contributed by atoms with E-state index < -0.39 is 15.8 Å². The average molecular weight is 449 g/mol. The first kappa shape index (κ1) is 21.6. The monoisotopic (exact) mass is 448 g/mol. The number of carbonyl (C=O) groups excluding carboxylic acids is 1. The zero-order valence-corrected chi connectivity index (χ0v) is 17.9. The predicted octanol–water partition coefficient (Wildman–Crippen LogP) is 2.47. The van der Waals surface area contributed by atoms with E-state index in [9.17, 15) is 17.6 Å². The lowest BCUT2D eigenvalue weighted by Crippen LogP contribution is -2.44. The van der Waals surface area contributed by atoms with Gasteiger partial charge in [0.15, 0.2) is 5.82 Å². The smallest absolute Gasteiger partial charge is 0.316 e. The molecular weight excluding hydrogens is 423 g/mol. The Balaban J connectivity index is 1.41. The van der Waals surface area contributed by atoms with E-state index in [0.717, 1.165) is 44.5 Å². The summed E-state index contributed by atoms with van der Waals surface area (Å²) in [5.74, 6) is -0.728. The molecule has 4 rings (SSSR count). The van der Waals surface area contributed by atoms with Crippen molar-refractivity contribution in [2.45, 2.75) is 43.1 Å². The summed E-state index contributed by atoms with van der Waals surface area (Å²) in [6, 6.07) is 6.20. The number of piperidine rings is 2. The van der Waals surface area contributed by atoms with Crippen LogP contribution >= 0.6 is 0 Å². The molecule has 31 heavy (non-hydrogen) atoms. The molecule has 1 aromatic heterocycles. The van der Waals surface area contributed by atoms with Crippen LogP contribution < -0.4 is 4.74 Å². The van der Waals surface area contributed by atoms with Crippen molar-refractivity contribution in [1.29, 1.82) is 0 Å². The molecule has 3 heterocycles. The van der Waals surface area contributed by atoms with Crippen LogP contribution in [0.25, 0.3) is 0 Å². The normalized spacial score (nSPS) is 20.4. The zero-order valence-electron chi connectivity index (χ0n) is 17.1. The molecule has 2 fully saturated rings. The summed E-state index contributed by atoms with van der Waals surface area (Å²) in [5.41, 5.74) is 0.427. The maximum atomic E-state index is 13.0. The lowest BCUT2D eigenvalue weighted by atomic mass is 10.1. The summed E-state index contributed by atoms with van der Waals surface area (Å²) in [7, 11) is -3.53. The SMILES string of the molecule is O=C(c1ccc(S(=O)(=O)N2CCCCC2)cc1)N1CCCC(Oc2ncc(F)cn2)C1. The molecule has 0 bridgehead atoms. The van der Waals surface area contributed by atoms with Gasteiger partial charge in [-0.25, -0.2) is 22.8 Å². The Hall–Kier alpha value is -2.59. The van der Waals surface area contributed by atoms with E-state index in [0.29, 0.717) is 31.7 Å². The number of ether oxygens (including phenoxy) is 1. The van der Waals surface area contributed by atoms with E-state index in [1.165, 1.54) is 16.4 Å². The molecule has 8 nitrogen and oxygen atoms in total. The second-order valence-electron chi connectivity index (χ2n) is 7.81. The maximum Gasteiger partial charge on any atom is 0.316 e. The number of hydrogen-bond donors (Lipinski definition) is 0. The van der Waals surface area contributed by atoms with Gasteiger partial charge in [-0.2, -0.15) is 4.31 Å². The Morgan fingerprint density at radius 1 is 1.00 bits per heavy atom. The van der Waals surface area contributed by atoms with Crippen LogP contribution in [-0.2, 0) is 10.0 Å². The molecule has 0 radical (unpaired) electrons. The molecule has 0 N–H and O–H groups in total. The number of rotatable bonds is 5. The van der Waals surface area contributed by atoms with Crippen molar-refractivity contribution >= 4 is 15.9 Å². The largest absolute Gasteiger partial charge is 0.458 e. The first-order valence-corrected chi connectivity index (χ1v) is 11.9. The highest BCUT2D eigenvalue weighted by Gasteiger charge is 2.28. The highest BCUT2D eigenvalue weighted by atomic mass is 32.2. The number of halogens is 1. The van der Waals surface area contributed by atoms with Gasteiger partial charge in [-0.15, -0.1) is 0 Å². The van der Waals surface area contributed by atoms with Gasteiger partial charge in [0.05, 0.1) is 23.8 Å². The fourth-order valence-electron chi connectivity index (χ4n) is 3.94. The van der Waals surface area contributed by atoms with Crippen molar-refractivity contribution in [3.05, 3.63) is 48.0 Å². The van der Waals surface area contributed by atoms with Gasteiger partial charge >= 0.3 is 6.01 Å². The van der Waals surface area contributed by atoms with Crippen molar-refractivity contribution in [3.8, 4) is 6.01 Å². The summed E-state index contributed by atoms with van der Waals surface area (Å²) >= 11 is 0. The van der Waals surface area contributed by atoms with Gasteiger partial charge in [0, 0.05) is 25.2 Å². The van der Waals surface area contributed by atoms with Crippen molar-refractivity contribution in [2.24, 2.45) is 0 Å². The molecule has 1 unspecified atom stereocenters. The molecule has 166 valence electrons. The minimum absolute atomic E-state index is 0.0768. The average Bonchev–Trinajstić information content (AvgIpc) is 2.81. The Morgan fingerprint density at radius 3 is 2.35 bits per heavy atom. The van der Waals surface area contributed by atoms with Gasteiger partial charge in [-0.05, 0) is 49.9 Å². The Labute approximate surface area is 181 Å². The summed E-state index contributed by atoms with van der Waals surface area (Å²) in [6.45, 7) is 2.01. The highest BCUT2D eigenvalue weighted by Crippen LogP contribution is 2.22. The van der Waals surface area contributed by atoms with Gasteiger partial charge in [0.25, 0.3) is 5.91 Å². The lowest BCUT2D eigenvalue weighted by molar-refractivity contribution is 0.0515. The molecule has 2 aliphatic heterocycles. The molecule has 10 heteroatoms. The summed E-state index contributed by atoms with van der Waals surface area (Å²) in [4.78, 5) is 22.4. The van der Waals surface area contributed by atoms with Crippen LogP contribution in [0.5, 0.6) is 6.01 Å². The van der Waals surface area contributed by atoms with Crippen molar-refractivity contribution in [2.75, 3.05) is 26.2 Å². The lowest BCUT2D eigenvalue weighted by Gasteiger charge is -2.32. The summed E-state index contributed by atoms with van der Waals surface area (Å²) in [5, 5.41) is 0. The third-order valence-corrected chi connectivity index (χ3v) is 7.50. The van der Waals surface area contributed by atoms with Crippen LogP contribution in [-0.4, -0.2) is 65.8 Å². The molecule has 2 saturated heterocycles. The summed E-state index contributed by atoms with van der Waals surface area (Å²) in [6.07, 6.45) is 6.06. The van der Waals surface area contributed by atoms with Gasteiger partial charge in [-0.1, -0.05) is 6.42 Å². The molecular formula is C21H25FN4O4S. The van der Waals surface area contributed by atoms with Crippen LogP contribution in [0.1, 0.15) is 42.5 Å². The number of likely N-dealkylation sites (tertiary alicyclic amines) is 1. The third kappa shape index (κ3) is 5.01. The topological polar surface area (TPSA) is 92.7 Å². The molecule has 1 amide bonds. The number of benzene rings is 1. The molecule has 0 spiro atoms. The third-order valence-electron chi connectivity index (χ3n) is 5.59. The van der Waals surface area contributed by atoms with Crippen LogP contribution in [0.4, 0.5) is 4.39 Å². The molecule has 2 aromatic rings. The summed E-state index contributed by atoms with van der Waals surface area (Å²) < 4.78 is 45.7. The predicted molar refractivity (Wildman–Crippen MR) is 111 cm³/mol. The highest BCUT2D eigenvalue weighted by molar-refractivity contribution is 7.89. The first-order valence-electron chi connectivity index (χ1n) is 10.5. The maximum absolute atomic E-state index is 13.0. The number of carbonyl (C=O) groups is 1. The number of aromatic nitrogens is 2. The number of nitrogens with zero attached hydrogens (tertiary/aromatic N) is 4. The second-order valence-corrected chi connectivity index (χ2v) is 9.74. The standard InChI is InChI=1S/C21H25FN4O4S/c22-17-13-23-21(24-14-17)30-18-5-4-10-25(15-18)20(27)16-6-8-19(9-7-16)31(28,29)26-11-2-1-3-12-26/h6-9,13-14,18H,1-5,10-12,15H2. The first-order chi connectivity index (χ1) is 14.9. The van der Waals surface area contributed by atoms with Crippen molar-refractivity contribution in [3.63, 3.8) is 0 Å². The Morgan fingerprint density at radius 2 is 1.68 bits per heavy atom. The van der Waals surface area contributed by atoms with E-state index >= 15 is 0 Å². The van der Waals surface area contributed by atoms with Crippen LogP contribution in [0.2, 0.25) is 0 Å². The Bertz CT molecular complexity index is 1010. The quantitative estimate of drug-likeness (QED) is 0.698. The minimum atomic E-state index is -3.53. The number of hydrogen-bond acceptors (Lipinski definition) is 6. The molecule has 0 aliphatic carbocycles. The van der Waals surface area contributed by atoms with E-state index in [1.807, 2.05) is 0 Å². The van der Waals surface area contributed by atoms with Gasteiger partial charge in [0.2, 0.25) is 10.0 Å². The number of amides is 1. The fraction of sp³-hybridized carbons (Fsp3) is 0.476. The van der Waals surface area contributed by atoms with Crippen LogP contribution in [0.3, 0.4) is 0 Å². The van der Waals surface area contributed by atoms with E-state index in [2.05, 4.69) is 9.97 Å². The molecule has 1 atom stereocenters. The minimum Gasteiger partial charge on any atom is -0.458 e. The molecule has 1 aromatic carbocycles. The molecule has 2 aliphatic rings. The Kier molecular flexibility index (Phi) is 6.47. The van der Waals surface area contributed by atoms with Gasteiger partial charge in [-0.3, -0.25) is 4.79 Å². The van der Waals surface area contributed by atoms with E-state index in [4.69, 9.17) is 4.74 Å². The molecule has 0 saturated carbocycles. The van der Waals surface area contributed by atoms with Crippen molar-refractivity contribution in [1.82, 2.24) is 19.2 Å². The fourth-order valence-corrected chi connectivity index (χ4v) is 5.45. The van der Waals surface area contributed by atoms with Gasteiger partial charge < -0.3 is 9.64 Å². The zero-order chi connectivity index (χ0) is 21.8. The van der Waals surface area contributed by atoms with Crippen molar-refractivity contribution < 1.29 is 22.3 Å². The second kappa shape index (κ2) is 9.27. The van der Waals surface area contributed by atoms with Crippen LogP contribution in [0, 0.1) is 5.82 Å². The van der Waals surface area contributed by atoms with E-state index in [-0.39, 0.29) is 22.9 Å².